The molecule has 1 nitrogen and oxygen atoms in total. The minimum absolute atomic E-state index is 0.345. The number of aliphatic hydroxyl groups excluding tert-OH is 1. The minimum Gasteiger partial charge on any atom is -0.388 e. The molecule has 0 saturated heterocycles. The fourth-order valence-electron chi connectivity index (χ4n) is 1.75. The second-order valence-electron chi connectivity index (χ2n) is 4.14. The quantitative estimate of drug-likeness (QED) is 0.886. The maximum atomic E-state index is 13.6. The Labute approximate surface area is 115 Å². The summed E-state index contributed by atoms with van der Waals surface area (Å²) in [5.74, 6) is -1.19. The van der Waals surface area contributed by atoms with Crippen LogP contribution in [0.1, 0.15) is 25.0 Å². The summed E-state index contributed by atoms with van der Waals surface area (Å²) in [6.45, 7) is 1.88. The maximum Gasteiger partial charge on any atom is 0.140 e. The predicted octanol–water partition coefficient (Wildman–Crippen LogP) is 4.56. The van der Waals surface area contributed by atoms with E-state index in [4.69, 9.17) is 0 Å². The summed E-state index contributed by atoms with van der Waals surface area (Å²) < 4.78 is 26.5. The van der Waals surface area contributed by atoms with E-state index in [9.17, 15) is 13.9 Å². The highest BCUT2D eigenvalue weighted by molar-refractivity contribution is 7.99. The Kier molecular flexibility index (Phi) is 4.56. The van der Waals surface area contributed by atoms with E-state index in [-0.39, 0.29) is 0 Å². The summed E-state index contributed by atoms with van der Waals surface area (Å²) in [4.78, 5) is 1.12. The van der Waals surface area contributed by atoms with Crippen LogP contribution in [0.3, 0.4) is 0 Å². The summed E-state index contributed by atoms with van der Waals surface area (Å²) in [5.41, 5.74) is 0.763. The van der Waals surface area contributed by atoms with E-state index >= 15 is 0 Å². The van der Waals surface area contributed by atoms with Gasteiger partial charge in [0.25, 0.3) is 0 Å². The van der Waals surface area contributed by atoms with Gasteiger partial charge in [0.2, 0.25) is 0 Å². The molecule has 0 fully saturated rings. The Hall–Kier alpha value is -1.39. The molecule has 4 heteroatoms. The van der Waals surface area contributed by atoms with Crippen LogP contribution in [0.2, 0.25) is 0 Å². The monoisotopic (exact) mass is 280 g/mol. The lowest BCUT2D eigenvalue weighted by Crippen LogP contribution is -1.97. The van der Waals surface area contributed by atoms with Gasteiger partial charge in [0.1, 0.15) is 11.6 Å². The van der Waals surface area contributed by atoms with Gasteiger partial charge in [-0.15, -0.1) is 0 Å². The molecule has 0 aliphatic heterocycles. The van der Waals surface area contributed by atoms with Crippen molar-refractivity contribution in [1.82, 2.24) is 0 Å². The van der Waals surface area contributed by atoms with Gasteiger partial charge in [0.05, 0.1) is 6.10 Å². The summed E-state index contributed by atoms with van der Waals surface area (Å²) in [7, 11) is 0. The van der Waals surface area contributed by atoms with Crippen molar-refractivity contribution in [3.8, 4) is 0 Å². The third kappa shape index (κ3) is 3.33. The molecule has 0 amide bonds. The van der Waals surface area contributed by atoms with Crippen LogP contribution in [0.25, 0.3) is 0 Å². The van der Waals surface area contributed by atoms with Gasteiger partial charge < -0.3 is 5.11 Å². The first-order chi connectivity index (χ1) is 9.11. The van der Waals surface area contributed by atoms with Crippen LogP contribution < -0.4 is 0 Å². The topological polar surface area (TPSA) is 20.2 Å². The van der Waals surface area contributed by atoms with Crippen molar-refractivity contribution < 1.29 is 13.9 Å². The van der Waals surface area contributed by atoms with E-state index in [0.29, 0.717) is 11.3 Å². The van der Waals surface area contributed by atoms with Crippen molar-refractivity contribution in [2.24, 2.45) is 0 Å². The summed E-state index contributed by atoms with van der Waals surface area (Å²) in [6.07, 6.45) is 0.0101. The van der Waals surface area contributed by atoms with Crippen LogP contribution >= 0.6 is 11.8 Å². The van der Waals surface area contributed by atoms with Crippen molar-refractivity contribution in [1.29, 1.82) is 0 Å². The van der Waals surface area contributed by atoms with Crippen molar-refractivity contribution in [2.75, 3.05) is 0 Å². The van der Waals surface area contributed by atoms with E-state index in [1.807, 2.05) is 31.2 Å². The molecule has 2 rings (SSSR count). The molecule has 0 aliphatic rings. The highest BCUT2D eigenvalue weighted by Crippen LogP contribution is 2.35. The van der Waals surface area contributed by atoms with Crippen molar-refractivity contribution in [3.05, 3.63) is 59.7 Å². The largest absolute Gasteiger partial charge is 0.388 e. The Morgan fingerprint density at radius 3 is 2.53 bits per heavy atom. The molecule has 1 atom stereocenters. The normalized spacial score (nSPS) is 12.4. The van der Waals surface area contributed by atoms with Crippen LogP contribution in [0.15, 0.2) is 52.3 Å². The van der Waals surface area contributed by atoms with E-state index in [1.54, 1.807) is 0 Å². The first-order valence-corrected chi connectivity index (χ1v) is 6.83. The standard InChI is InChI=1S/C15H14F2OS/c1-2-13(18)11-5-3-4-6-14(11)19-15-8-7-10(16)9-12(15)17/h3-9,13,18H,2H2,1H3/t13-/m1/s1. The van der Waals surface area contributed by atoms with E-state index < -0.39 is 17.7 Å². The van der Waals surface area contributed by atoms with Crippen LogP contribution in [0.5, 0.6) is 0 Å². The average Bonchev–Trinajstić information content (AvgIpc) is 2.41. The first kappa shape index (κ1) is 14.0. The Balaban J connectivity index is 2.33. The van der Waals surface area contributed by atoms with Gasteiger partial charge in [0.15, 0.2) is 0 Å². The highest BCUT2D eigenvalue weighted by atomic mass is 32.2. The number of halogens is 2. The predicted molar refractivity (Wildman–Crippen MR) is 72.2 cm³/mol. The number of hydrogen-bond donors (Lipinski definition) is 1. The molecule has 0 spiro atoms. The molecule has 100 valence electrons. The smallest absolute Gasteiger partial charge is 0.140 e. The van der Waals surface area contributed by atoms with Gasteiger partial charge in [-0.3, -0.25) is 0 Å². The SMILES string of the molecule is CC[C@@H](O)c1ccccc1Sc1ccc(F)cc1F. The molecule has 0 aromatic heterocycles. The summed E-state index contributed by atoms with van der Waals surface area (Å²) in [6, 6.07) is 10.8. The van der Waals surface area contributed by atoms with E-state index in [2.05, 4.69) is 0 Å². The zero-order valence-corrected chi connectivity index (χ0v) is 11.3. The van der Waals surface area contributed by atoms with Crippen molar-refractivity contribution >= 4 is 11.8 Å². The first-order valence-electron chi connectivity index (χ1n) is 6.01. The lowest BCUT2D eigenvalue weighted by molar-refractivity contribution is 0.171. The summed E-state index contributed by atoms with van der Waals surface area (Å²) in [5, 5.41) is 9.93. The van der Waals surface area contributed by atoms with E-state index in [1.165, 1.54) is 23.9 Å². The lowest BCUT2D eigenvalue weighted by Gasteiger charge is -2.13. The molecule has 0 unspecified atom stereocenters. The molecule has 0 radical (unpaired) electrons. The zero-order valence-electron chi connectivity index (χ0n) is 10.4. The maximum absolute atomic E-state index is 13.6. The molecular formula is C15H14F2OS. The third-order valence-corrected chi connectivity index (χ3v) is 3.92. The molecule has 0 bridgehead atoms. The van der Waals surface area contributed by atoms with Gasteiger partial charge >= 0.3 is 0 Å². The summed E-state index contributed by atoms with van der Waals surface area (Å²) >= 11 is 1.19. The highest BCUT2D eigenvalue weighted by Gasteiger charge is 2.13. The van der Waals surface area contributed by atoms with Crippen LogP contribution in [-0.2, 0) is 0 Å². The van der Waals surface area contributed by atoms with Gasteiger partial charge in [0, 0.05) is 15.9 Å². The Morgan fingerprint density at radius 1 is 1.11 bits per heavy atom. The van der Waals surface area contributed by atoms with Crippen LogP contribution in [0.4, 0.5) is 8.78 Å². The molecule has 1 N–H and O–H groups in total. The van der Waals surface area contributed by atoms with Crippen LogP contribution in [0, 0.1) is 11.6 Å². The van der Waals surface area contributed by atoms with Crippen molar-refractivity contribution in [2.45, 2.75) is 29.2 Å². The Bertz CT molecular complexity index is 572. The molecule has 0 saturated carbocycles. The van der Waals surface area contributed by atoms with Gasteiger partial charge in [-0.25, -0.2) is 8.78 Å². The van der Waals surface area contributed by atoms with Gasteiger partial charge in [-0.1, -0.05) is 36.9 Å². The van der Waals surface area contributed by atoms with Gasteiger partial charge in [-0.2, -0.15) is 0 Å². The third-order valence-electron chi connectivity index (χ3n) is 2.78. The molecule has 0 heterocycles. The molecule has 0 aliphatic carbocycles. The number of rotatable bonds is 4. The second-order valence-corrected chi connectivity index (χ2v) is 5.22. The molecular weight excluding hydrogens is 266 g/mol. The fraction of sp³-hybridized carbons (Fsp3) is 0.200. The minimum atomic E-state index is -0.594. The average molecular weight is 280 g/mol. The number of benzene rings is 2. The number of hydrogen-bond acceptors (Lipinski definition) is 2. The van der Waals surface area contributed by atoms with Crippen LogP contribution in [-0.4, -0.2) is 5.11 Å². The van der Waals surface area contributed by atoms with E-state index in [0.717, 1.165) is 16.5 Å². The molecule has 2 aromatic carbocycles. The molecule has 19 heavy (non-hydrogen) atoms. The second kappa shape index (κ2) is 6.17. The fourth-order valence-corrected chi connectivity index (χ4v) is 2.74. The van der Waals surface area contributed by atoms with Crippen molar-refractivity contribution in [3.63, 3.8) is 0 Å². The van der Waals surface area contributed by atoms with Gasteiger partial charge in [-0.05, 0) is 30.2 Å². The zero-order chi connectivity index (χ0) is 13.8. The Morgan fingerprint density at radius 2 is 1.84 bits per heavy atom. The lowest BCUT2D eigenvalue weighted by atomic mass is 10.1. The number of aliphatic hydroxyl groups is 1. The molecule has 2 aromatic rings.